The molecule has 0 aliphatic carbocycles. The highest BCUT2D eigenvalue weighted by atomic mass is 32.1. The SMILES string of the molecule is c1ccc(-c2ccc(-c3cc(-c4cc5sc6ccc7sc8cc9ccccc9c9sc(c4)c5c6c7c89)nc(-c4cccc5ccccc45)n3)cc2)cc1. The van der Waals surface area contributed by atoms with Crippen LogP contribution in [0.25, 0.3) is 116 Å². The molecular weight excluding hydrogens is 701 g/mol. The average Bonchev–Trinajstić information content (AvgIpc) is 3.73. The van der Waals surface area contributed by atoms with Crippen LogP contribution in [0.15, 0.2) is 158 Å². The second-order valence-electron chi connectivity index (χ2n) is 13.7. The first-order valence-electron chi connectivity index (χ1n) is 17.7. The molecule has 0 N–H and O–H groups in total. The lowest BCUT2D eigenvalue weighted by molar-refractivity contribution is 1.19. The van der Waals surface area contributed by atoms with Crippen LogP contribution in [-0.4, -0.2) is 9.97 Å². The molecule has 0 aliphatic heterocycles. The Balaban J connectivity index is 1.14. The molecule has 0 unspecified atom stereocenters. The second kappa shape index (κ2) is 11.3. The number of rotatable bonds is 4. The van der Waals surface area contributed by atoms with Crippen molar-refractivity contribution in [3.8, 4) is 45.0 Å². The molecule has 12 rings (SSSR count). The van der Waals surface area contributed by atoms with Gasteiger partial charge in [-0.2, -0.15) is 0 Å². The summed E-state index contributed by atoms with van der Waals surface area (Å²) in [5, 5.41) is 10.5. The molecule has 53 heavy (non-hydrogen) atoms. The zero-order chi connectivity index (χ0) is 34.6. The van der Waals surface area contributed by atoms with Gasteiger partial charge in [-0.1, -0.05) is 121 Å². The Labute approximate surface area is 316 Å². The van der Waals surface area contributed by atoms with Crippen LogP contribution in [0.4, 0.5) is 0 Å². The Bertz CT molecular complexity index is 3380. The van der Waals surface area contributed by atoms with Gasteiger partial charge in [-0.25, -0.2) is 9.97 Å². The molecule has 0 saturated heterocycles. The Hall–Kier alpha value is -5.98. The van der Waals surface area contributed by atoms with Crippen molar-refractivity contribution < 1.29 is 0 Å². The van der Waals surface area contributed by atoms with E-state index in [0.29, 0.717) is 0 Å². The molecule has 0 fully saturated rings. The minimum absolute atomic E-state index is 0.732. The van der Waals surface area contributed by atoms with E-state index in [1.807, 2.05) is 34.0 Å². The molecule has 0 atom stereocenters. The quantitative estimate of drug-likeness (QED) is 0.180. The Morgan fingerprint density at radius 3 is 1.72 bits per heavy atom. The second-order valence-corrected chi connectivity index (χ2v) is 16.9. The van der Waals surface area contributed by atoms with Crippen molar-refractivity contribution in [2.45, 2.75) is 0 Å². The minimum atomic E-state index is 0.732. The number of benzene rings is 8. The van der Waals surface area contributed by atoms with E-state index in [9.17, 15) is 0 Å². The number of nitrogens with zero attached hydrogens (tertiary/aromatic N) is 2. The van der Waals surface area contributed by atoms with Gasteiger partial charge in [0.25, 0.3) is 0 Å². The molecule has 4 heterocycles. The van der Waals surface area contributed by atoms with E-state index in [2.05, 4.69) is 158 Å². The average molecular weight is 727 g/mol. The predicted octanol–water partition coefficient (Wildman–Crippen LogP) is 14.8. The summed E-state index contributed by atoms with van der Waals surface area (Å²) in [5.41, 5.74) is 7.43. The highest BCUT2D eigenvalue weighted by Gasteiger charge is 2.22. The van der Waals surface area contributed by atoms with Crippen LogP contribution in [-0.2, 0) is 0 Å². The van der Waals surface area contributed by atoms with Crippen LogP contribution in [0.1, 0.15) is 0 Å². The lowest BCUT2D eigenvalue weighted by Gasteiger charge is -2.12. The topological polar surface area (TPSA) is 25.8 Å². The standard InChI is InChI=1S/C48H26N2S3/c1-2-9-27(10-3-1)28-17-19-30(20-18-28)36-26-37(50-48(49-36)35-16-8-13-29-11-4-6-14-33(29)35)32-24-40-43-41(25-32)53-47-34-15-7-5-12-31(34)23-42-46(47)45-39(52-42)22-21-38(51-40)44(43)45/h1-26H. The zero-order valence-corrected chi connectivity index (χ0v) is 30.6. The summed E-state index contributed by atoms with van der Waals surface area (Å²) in [5.74, 6) is 0.732. The van der Waals surface area contributed by atoms with Gasteiger partial charge in [0.15, 0.2) is 5.82 Å². The van der Waals surface area contributed by atoms with E-state index in [1.165, 1.54) is 77.0 Å². The molecule has 12 aromatic rings. The summed E-state index contributed by atoms with van der Waals surface area (Å²) in [6.45, 7) is 0. The molecule has 0 aliphatic rings. The maximum atomic E-state index is 5.39. The lowest BCUT2D eigenvalue weighted by Crippen LogP contribution is -1.96. The largest absolute Gasteiger partial charge is 0.228 e. The van der Waals surface area contributed by atoms with E-state index >= 15 is 0 Å². The number of hydrogen-bond acceptors (Lipinski definition) is 5. The number of aromatic nitrogens is 2. The van der Waals surface area contributed by atoms with E-state index < -0.39 is 0 Å². The van der Waals surface area contributed by atoms with Crippen LogP contribution in [0.2, 0.25) is 0 Å². The highest BCUT2D eigenvalue weighted by Crippen LogP contribution is 2.52. The van der Waals surface area contributed by atoms with E-state index in [1.54, 1.807) is 0 Å². The first-order valence-corrected chi connectivity index (χ1v) is 20.2. The number of fused-ring (bicyclic) bond motifs is 3. The molecule has 0 spiro atoms. The van der Waals surface area contributed by atoms with E-state index in [4.69, 9.17) is 9.97 Å². The monoisotopic (exact) mass is 726 g/mol. The maximum absolute atomic E-state index is 5.39. The fourth-order valence-corrected chi connectivity index (χ4v) is 12.0. The van der Waals surface area contributed by atoms with Crippen LogP contribution >= 0.6 is 34.0 Å². The van der Waals surface area contributed by atoms with Crippen molar-refractivity contribution in [2.75, 3.05) is 0 Å². The van der Waals surface area contributed by atoms with E-state index in [0.717, 1.165) is 39.3 Å². The van der Waals surface area contributed by atoms with Crippen LogP contribution in [0.3, 0.4) is 0 Å². The zero-order valence-electron chi connectivity index (χ0n) is 28.1. The number of thiophene rings is 2. The maximum Gasteiger partial charge on any atom is 0.161 e. The smallest absolute Gasteiger partial charge is 0.161 e. The van der Waals surface area contributed by atoms with Crippen LogP contribution in [0, 0.1) is 0 Å². The van der Waals surface area contributed by atoms with E-state index in [-0.39, 0.29) is 0 Å². The summed E-state index contributed by atoms with van der Waals surface area (Å²) >= 11 is 5.74. The van der Waals surface area contributed by atoms with Gasteiger partial charge in [0.1, 0.15) is 0 Å². The van der Waals surface area contributed by atoms with Gasteiger partial charge in [0.05, 0.1) is 11.4 Å². The Morgan fingerprint density at radius 2 is 0.925 bits per heavy atom. The summed E-state index contributed by atoms with van der Waals surface area (Å²) < 4.78 is 8.00. The molecule has 2 nitrogen and oxygen atoms in total. The fraction of sp³-hybridized carbons (Fsp3) is 0. The minimum Gasteiger partial charge on any atom is -0.228 e. The highest BCUT2D eigenvalue weighted by molar-refractivity contribution is 7.32. The molecule has 0 amide bonds. The van der Waals surface area contributed by atoms with Crippen molar-refractivity contribution in [1.29, 1.82) is 0 Å². The van der Waals surface area contributed by atoms with Gasteiger partial charge in [-0.15, -0.1) is 34.0 Å². The summed E-state index contributed by atoms with van der Waals surface area (Å²) in [7, 11) is 0. The third-order valence-electron chi connectivity index (χ3n) is 10.7. The van der Waals surface area contributed by atoms with Gasteiger partial charge in [-0.3, -0.25) is 0 Å². The molecule has 5 heteroatoms. The third-order valence-corrected chi connectivity index (χ3v) is 14.0. The summed E-state index contributed by atoms with van der Waals surface area (Å²) in [4.78, 5) is 10.7. The fourth-order valence-electron chi connectivity index (χ4n) is 8.18. The predicted molar refractivity (Wildman–Crippen MR) is 231 cm³/mol. The van der Waals surface area contributed by atoms with Gasteiger partial charge in [0.2, 0.25) is 0 Å². The molecule has 0 bridgehead atoms. The molecule has 8 aromatic carbocycles. The Morgan fingerprint density at radius 1 is 0.340 bits per heavy atom. The lowest BCUT2D eigenvalue weighted by atomic mass is 10.00. The molecule has 0 radical (unpaired) electrons. The van der Waals surface area contributed by atoms with Crippen molar-refractivity contribution in [3.05, 3.63) is 158 Å². The van der Waals surface area contributed by atoms with Gasteiger partial charge >= 0.3 is 0 Å². The van der Waals surface area contributed by atoms with Crippen LogP contribution < -0.4 is 0 Å². The number of hydrogen-bond donors (Lipinski definition) is 0. The molecule has 246 valence electrons. The van der Waals surface area contributed by atoms with Crippen LogP contribution in [0.5, 0.6) is 0 Å². The molecule has 4 aromatic heterocycles. The Kier molecular flexibility index (Phi) is 6.28. The van der Waals surface area contributed by atoms with Crippen molar-refractivity contribution in [3.63, 3.8) is 0 Å². The molecule has 0 saturated carbocycles. The van der Waals surface area contributed by atoms with Gasteiger partial charge in [-0.05, 0) is 69.1 Å². The summed E-state index contributed by atoms with van der Waals surface area (Å²) in [6, 6.07) is 57.1. The van der Waals surface area contributed by atoms with Gasteiger partial charge in [0, 0.05) is 66.4 Å². The van der Waals surface area contributed by atoms with Crippen molar-refractivity contribution in [2.24, 2.45) is 0 Å². The normalized spacial score (nSPS) is 12.2. The van der Waals surface area contributed by atoms with Gasteiger partial charge < -0.3 is 0 Å². The third kappa shape index (κ3) is 4.48. The van der Waals surface area contributed by atoms with Crippen molar-refractivity contribution in [1.82, 2.24) is 9.97 Å². The molecular formula is C48H26N2S3. The first kappa shape index (κ1) is 29.6. The summed E-state index contributed by atoms with van der Waals surface area (Å²) in [6.07, 6.45) is 0. The first-order chi connectivity index (χ1) is 26.2. The van der Waals surface area contributed by atoms with Crippen molar-refractivity contribution >= 4 is 105 Å².